The van der Waals surface area contributed by atoms with Gasteiger partial charge in [-0.1, -0.05) is 11.8 Å². The Kier molecular flexibility index (Phi) is 6.40. The van der Waals surface area contributed by atoms with Crippen LogP contribution in [-0.2, 0) is 23.1 Å². The van der Waals surface area contributed by atoms with E-state index in [2.05, 4.69) is 40.5 Å². The SMILES string of the molecule is CC(=O)N[C@@H](Cc1[nH]cnc1N=Nc1ccc(Sc2ncnc3c2ncn3C)cc1)C(=O)O. The van der Waals surface area contributed by atoms with Crippen LogP contribution in [0.1, 0.15) is 12.6 Å². The molecular weight excluding hydrogens is 446 g/mol. The van der Waals surface area contributed by atoms with Gasteiger partial charge in [0.05, 0.1) is 24.0 Å². The first-order valence-electron chi connectivity index (χ1n) is 9.74. The number of carboxylic acids is 1. The molecule has 3 aromatic heterocycles. The molecule has 0 fully saturated rings. The average Bonchev–Trinajstić information content (AvgIpc) is 3.39. The normalized spacial score (nSPS) is 12.3. The van der Waals surface area contributed by atoms with Crippen molar-refractivity contribution in [3.05, 3.63) is 48.9 Å². The highest BCUT2D eigenvalue weighted by Gasteiger charge is 2.21. The van der Waals surface area contributed by atoms with Crippen LogP contribution in [0.15, 0.2) is 63.4 Å². The van der Waals surface area contributed by atoms with Crippen molar-refractivity contribution in [1.82, 2.24) is 34.8 Å². The molecule has 12 nitrogen and oxygen atoms in total. The van der Waals surface area contributed by atoms with Gasteiger partial charge in [0, 0.05) is 25.3 Å². The first-order valence-corrected chi connectivity index (χ1v) is 10.6. The molecule has 3 N–H and O–H groups in total. The fraction of sp³-hybridized carbons (Fsp3) is 0.200. The van der Waals surface area contributed by atoms with Crippen molar-refractivity contribution in [2.24, 2.45) is 17.3 Å². The monoisotopic (exact) mass is 465 g/mol. The van der Waals surface area contributed by atoms with Crippen LogP contribution in [0.5, 0.6) is 0 Å². The maximum Gasteiger partial charge on any atom is 0.326 e. The van der Waals surface area contributed by atoms with Gasteiger partial charge in [-0.3, -0.25) is 4.79 Å². The fourth-order valence-corrected chi connectivity index (χ4v) is 3.83. The van der Waals surface area contributed by atoms with Crippen LogP contribution in [-0.4, -0.2) is 52.5 Å². The van der Waals surface area contributed by atoms with Gasteiger partial charge >= 0.3 is 5.97 Å². The first-order chi connectivity index (χ1) is 15.9. The van der Waals surface area contributed by atoms with Crippen LogP contribution < -0.4 is 5.32 Å². The number of nitrogens with one attached hydrogen (secondary N) is 2. The molecule has 1 amide bonds. The highest BCUT2D eigenvalue weighted by Crippen LogP contribution is 2.31. The summed E-state index contributed by atoms with van der Waals surface area (Å²) in [5.41, 5.74) is 2.54. The molecule has 0 spiro atoms. The maximum absolute atomic E-state index is 11.4. The number of benzene rings is 1. The third-order valence-electron chi connectivity index (χ3n) is 4.55. The number of rotatable bonds is 8. The Morgan fingerprint density at radius 1 is 1.18 bits per heavy atom. The molecule has 0 radical (unpaired) electrons. The minimum Gasteiger partial charge on any atom is -0.480 e. The van der Waals surface area contributed by atoms with E-state index < -0.39 is 17.9 Å². The second-order valence-corrected chi connectivity index (χ2v) is 8.06. The van der Waals surface area contributed by atoms with E-state index in [0.717, 1.165) is 21.1 Å². The Bertz CT molecular complexity index is 1330. The molecule has 33 heavy (non-hydrogen) atoms. The van der Waals surface area contributed by atoms with E-state index in [-0.39, 0.29) is 12.2 Å². The molecule has 4 aromatic rings. The predicted octanol–water partition coefficient (Wildman–Crippen LogP) is 2.78. The van der Waals surface area contributed by atoms with Crippen molar-refractivity contribution < 1.29 is 14.7 Å². The van der Waals surface area contributed by atoms with Gasteiger partial charge in [0.25, 0.3) is 0 Å². The fourth-order valence-electron chi connectivity index (χ4n) is 3.00. The highest BCUT2D eigenvalue weighted by atomic mass is 32.2. The number of H-pyrrole nitrogens is 1. The number of azo groups is 1. The molecule has 0 aliphatic heterocycles. The van der Waals surface area contributed by atoms with Crippen molar-refractivity contribution >= 4 is 46.3 Å². The van der Waals surface area contributed by atoms with Crippen LogP contribution in [0.25, 0.3) is 11.2 Å². The molecule has 0 aliphatic rings. The topological polar surface area (TPSA) is 163 Å². The van der Waals surface area contributed by atoms with Gasteiger partial charge in [0.1, 0.15) is 22.9 Å². The Hall–Kier alpha value is -4.13. The quantitative estimate of drug-likeness (QED) is 0.264. The molecule has 1 aromatic carbocycles. The van der Waals surface area contributed by atoms with Crippen molar-refractivity contribution in [3.63, 3.8) is 0 Å². The predicted molar refractivity (Wildman–Crippen MR) is 119 cm³/mol. The molecule has 13 heteroatoms. The van der Waals surface area contributed by atoms with Gasteiger partial charge in [-0.15, -0.1) is 10.2 Å². The summed E-state index contributed by atoms with van der Waals surface area (Å²) in [5, 5.41) is 20.7. The lowest BCUT2D eigenvalue weighted by atomic mass is 10.1. The lowest BCUT2D eigenvalue weighted by Gasteiger charge is -2.11. The summed E-state index contributed by atoms with van der Waals surface area (Å²) in [6, 6.07) is 6.27. The van der Waals surface area contributed by atoms with E-state index in [1.807, 2.05) is 23.7 Å². The number of amides is 1. The van der Waals surface area contributed by atoms with Gasteiger partial charge in [0.2, 0.25) is 5.91 Å². The van der Waals surface area contributed by atoms with E-state index in [1.54, 1.807) is 18.5 Å². The van der Waals surface area contributed by atoms with Gasteiger partial charge < -0.3 is 20.0 Å². The number of fused-ring (bicyclic) bond motifs is 1. The second kappa shape index (κ2) is 9.56. The van der Waals surface area contributed by atoms with Crippen molar-refractivity contribution in [3.8, 4) is 0 Å². The van der Waals surface area contributed by atoms with Crippen LogP contribution in [0.2, 0.25) is 0 Å². The van der Waals surface area contributed by atoms with Crippen molar-refractivity contribution in [2.75, 3.05) is 0 Å². The number of aliphatic carboxylic acids is 1. The van der Waals surface area contributed by atoms with Gasteiger partial charge in [-0.25, -0.2) is 24.7 Å². The van der Waals surface area contributed by atoms with Crippen LogP contribution >= 0.6 is 11.8 Å². The first kappa shape index (κ1) is 22.1. The van der Waals surface area contributed by atoms with Crippen LogP contribution in [0.3, 0.4) is 0 Å². The number of carbonyl (C=O) groups excluding carboxylic acids is 1. The number of hydrogen-bond donors (Lipinski definition) is 3. The van der Waals surface area contributed by atoms with Crippen LogP contribution in [0, 0.1) is 0 Å². The van der Waals surface area contributed by atoms with E-state index in [9.17, 15) is 14.7 Å². The summed E-state index contributed by atoms with van der Waals surface area (Å²) in [4.78, 5) is 43.4. The van der Waals surface area contributed by atoms with Gasteiger partial charge in [-0.05, 0) is 24.3 Å². The summed E-state index contributed by atoms with van der Waals surface area (Å²) in [7, 11) is 1.88. The smallest absolute Gasteiger partial charge is 0.326 e. The van der Waals surface area contributed by atoms with E-state index >= 15 is 0 Å². The summed E-state index contributed by atoms with van der Waals surface area (Å²) in [6.45, 7) is 1.26. The summed E-state index contributed by atoms with van der Waals surface area (Å²) < 4.78 is 1.84. The Labute approximate surface area is 191 Å². The molecule has 0 aliphatic carbocycles. The number of carboxylic acid groups (broad SMARTS) is 1. The zero-order valence-electron chi connectivity index (χ0n) is 17.6. The molecule has 0 saturated carbocycles. The van der Waals surface area contributed by atoms with E-state index in [1.165, 1.54) is 31.3 Å². The van der Waals surface area contributed by atoms with Gasteiger partial charge in [0.15, 0.2) is 11.5 Å². The summed E-state index contributed by atoms with van der Waals surface area (Å²) in [5.74, 6) is -1.33. The van der Waals surface area contributed by atoms with Crippen molar-refractivity contribution in [2.45, 2.75) is 29.3 Å². The zero-order chi connectivity index (χ0) is 23.4. The molecule has 1 atom stereocenters. The Balaban J connectivity index is 1.45. The lowest BCUT2D eigenvalue weighted by Crippen LogP contribution is -2.41. The summed E-state index contributed by atoms with van der Waals surface area (Å²) in [6.07, 6.45) is 4.61. The summed E-state index contributed by atoms with van der Waals surface area (Å²) >= 11 is 1.47. The average molecular weight is 465 g/mol. The molecule has 0 saturated heterocycles. The Morgan fingerprint density at radius 2 is 1.97 bits per heavy atom. The van der Waals surface area contributed by atoms with E-state index in [0.29, 0.717) is 11.4 Å². The maximum atomic E-state index is 11.4. The number of aromatic amines is 1. The number of hydrogen-bond acceptors (Lipinski definition) is 9. The number of carbonyl (C=O) groups is 2. The molecule has 4 rings (SSSR count). The van der Waals surface area contributed by atoms with Gasteiger partial charge in [-0.2, -0.15) is 0 Å². The molecule has 0 unspecified atom stereocenters. The second-order valence-electron chi connectivity index (χ2n) is 7.00. The lowest BCUT2D eigenvalue weighted by molar-refractivity contribution is -0.141. The third-order valence-corrected chi connectivity index (χ3v) is 5.55. The van der Waals surface area contributed by atoms with Crippen LogP contribution in [0.4, 0.5) is 11.5 Å². The third kappa shape index (κ3) is 5.20. The number of aryl methyl sites for hydroxylation is 1. The number of nitrogens with zero attached hydrogens (tertiary/aromatic N) is 7. The van der Waals surface area contributed by atoms with Crippen molar-refractivity contribution in [1.29, 1.82) is 0 Å². The molecule has 0 bridgehead atoms. The Morgan fingerprint density at radius 3 is 2.70 bits per heavy atom. The standard InChI is InChI=1S/C20H19N9O3S/c1-11(30)26-15(20(31)32)7-14-17(22-8-21-14)28-27-12-3-5-13(6-4-12)33-19-16-18(23-9-24-19)29(2)10-25-16/h3-6,8-10,15H,7H2,1-2H3,(H,21,22)(H,26,30)(H,31,32)/t15-/m0/s1. The number of imidazole rings is 2. The van der Waals surface area contributed by atoms with E-state index in [4.69, 9.17) is 0 Å². The highest BCUT2D eigenvalue weighted by molar-refractivity contribution is 7.99. The minimum absolute atomic E-state index is 0.000229. The number of aromatic nitrogens is 6. The molecule has 168 valence electrons. The zero-order valence-corrected chi connectivity index (χ0v) is 18.4. The molecular formula is C20H19N9O3S. The largest absolute Gasteiger partial charge is 0.480 e. The molecule has 3 heterocycles. The minimum atomic E-state index is -1.15.